The summed E-state index contributed by atoms with van der Waals surface area (Å²) in [6.45, 7) is 4.80. The molecule has 1 aromatic carbocycles. The molecule has 1 atom stereocenters. The molecular weight excluding hydrogens is 324 g/mol. The summed E-state index contributed by atoms with van der Waals surface area (Å²) in [5.41, 5.74) is 0.754. The number of amides is 1. The van der Waals surface area contributed by atoms with Crippen LogP contribution in [0, 0.1) is 0 Å². The van der Waals surface area contributed by atoms with Gasteiger partial charge in [-0.05, 0) is 51.0 Å². The minimum Gasteiger partial charge on any atom is -0.497 e. The SMILES string of the molecule is CCn1c(S[C@@H](C)C(=O)Nc2ccc(OC)cc2)nnc1C1CC1. The van der Waals surface area contributed by atoms with E-state index in [9.17, 15) is 4.79 Å². The number of nitrogens with zero attached hydrogens (tertiary/aromatic N) is 3. The molecule has 1 fully saturated rings. The van der Waals surface area contributed by atoms with Crippen LogP contribution in [0.2, 0.25) is 0 Å². The van der Waals surface area contributed by atoms with Crippen molar-refractivity contribution < 1.29 is 9.53 Å². The third-order valence-corrected chi connectivity index (χ3v) is 5.09. The molecule has 3 rings (SSSR count). The maximum Gasteiger partial charge on any atom is 0.237 e. The van der Waals surface area contributed by atoms with Crippen LogP contribution in [0.5, 0.6) is 5.75 Å². The van der Waals surface area contributed by atoms with E-state index in [1.807, 2.05) is 31.2 Å². The lowest BCUT2D eigenvalue weighted by Gasteiger charge is -2.13. The molecule has 128 valence electrons. The number of rotatable bonds is 7. The molecule has 2 aromatic rings. The van der Waals surface area contributed by atoms with Crippen LogP contribution in [0.3, 0.4) is 0 Å². The molecule has 1 N–H and O–H groups in total. The molecule has 24 heavy (non-hydrogen) atoms. The Morgan fingerprint density at radius 1 is 1.38 bits per heavy atom. The molecule has 0 saturated heterocycles. The Morgan fingerprint density at radius 3 is 2.67 bits per heavy atom. The van der Waals surface area contributed by atoms with Crippen LogP contribution in [0.15, 0.2) is 29.4 Å². The van der Waals surface area contributed by atoms with Crippen LogP contribution in [-0.4, -0.2) is 33.0 Å². The highest BCUT2D eigenvalue weighted by molar-refractivity contribution is 8.00. The number of carbonyl (C=O) groups is 1. The lowest BCUT2D eigenvalue weighted by atomic mass is 10.3. The standard InChI is InChI=1S/C17H22N4O2S/c1-4-21-15(12-5-6-12)19-20-17(21)24-11(2)16(22)18-13-7-9-14(23-3)10-8-13/h7-12H,4-6H2,1-3H3,(H,18,22)/t11-/m0/s1. The lowest BCUT2D eigenvalue weighted by molar-refractivity contribution is -0.115. The minimum absolute atomic E-state index is 0.0520. The normalized spacial score (nSPS) is 15.1. The number of hydrogen-bond acceptors (Lipinski definition) is 5. The highest BCUT2D eigenvalue weighted by atomic mass is 32.2. The summed E-state index contributed by atoms with van der Waals surface area (Å²) >= 11 is 1.45. The number of carbonyl (C=O) groups excluding carboxylic acids is 1. The molecule has 1 saturated carbocycles. The average Bonchev–Trinajstić information content (AvgIpc) is 3.36. The van der Waals surface area contributed by atoms with E-state index in [0.29, 0.717) is 5.92 Å². The molecule has 1 aliphatic rings. The second-order valence-corrected chi connectivity index (χ2v) is 7.15. The highest BCUT2D eigenvalue weighted by Gasteiger charge is 2.30. The summed E-state index contributed by atoms with van der Waals surface area (Å²) in [7, 11) is 1.62. The van der Waals surface area contributed by atoms with E-state index in [1.54, 1.807) is 7.11 Å². The van der Waals surface area contributed by atoms with E-state index < -0.39 is 0 Å². The largest absolute Gasteiger partial charge is 0.497 e. The highest BCUT2D eigenvalue weighted by Crippen LogP contribution is 2.40. The Hall–Kier alpha value is -2.02. The van der Waals surface area contributed by atoms with E-state index in [-0.39, 0.29) is 11.2 Å². The van der Waals surface area contributed by atoms with E-state index in [2.05, 4.69) is 27.0 Å². The van der Waals surface area contributed by atoms with Crippen molar-refractivity contribution in [2.24, 2.45) is 0 Å². The number of benzene rings is 1. The summed E-state index contributed by atoms with van der Waals surface area (Å²) in [5, 5.41) is 12.1. The van der Waals surface area contributed by atoms with Crippen LogP contribution < -0.4 is 10.1 Å². The molecule has 6 nitrogen and oxygen atoms in total. The van der Waals surface area contributed by atoms with Crippen LogP contribution >= 0.6 is 11.8 Å². The second kappa shape index (κ2) is 7.25. The Bertz CT molecular complexity index is 710. The lowest BCUT2D eigenvalue weighted by Crippen LogP contribution is -2.23. The third-order valence-electron chi connectivity index (χ3n) is 4.01. The maximum atomic E-state index is 12.4. The van der Waals surface area contributed by atoms with Crippen LogP contribution in [-0.2, 0) is 11.3 Å². The topological polar surface area (TPSA) is 69.0 Å². The van der Waals surface area contributed by atoms with Crippen LogP contribution in [0.25, 0.3) is 0 Å². The first kappa shape index (κ1) is 16.8. The molecule has 0 radical (unpaired) electrons. The summed E-state index contributed by atoms with van der Waals surface area (Å²) in [5.74, 6) is 2.32. The van der Waals surface area contributed by atoms with Gasteiger partial charge >= 0.3 is 0 Å². The fourth-order valence-electron chi connectivity index (χ4n) is 2.46. The smallest absolute Gasteiger partial charge is 0.237 e. The van der Waals surface area contributed by atoms with Gasteiger partial charge in [-0.15, -0.1) is 10.2 Å². The number of aromatic nitrogens is 3. The molecule has 1 amide bonds. The number of hydrogen-bond donors (Lipinski definition) is 1. The van der Waals surface area contributed by atoms with Gasteiger partial charge in [0.05, 0.1) is 12.4 Å². The van der Waals surface area contributed by atoms with Gasteiger partial charge in [-0.2, -0.15) is 0 Å². The minimum atomic E-state index is -0.256. The number of ether oxygens (including phenoxy) is 1. The van der Waals surface area contributed by atoms with Gasteiger partial charge in [-0.25, -0.2) is 0 Å². The molecule has 1 aromatic heterocycles. The summed E-state index contributed by atoms with van der Waals surface area (Å²) < 4.78 is 7.24. The summed E-state index contributed by atoms with van der Waals surface area (Å²) in [4.78, 5) is 12.4. The number of nitrogens with one attached hydrogen (secondary N) is 1. The molecular formula is C17H22N4O2S. The second-order valence-electron chi connectivity index (χ2n) is 5.84. The molecule has 0 spiro atoms. The van der Waals surface area contributed by atoms with E-state index in [1.165, 1.54) is 24.6 Å². The summed E-state index contributed by atoms with van der Waals surface area (Å²) in [6, 6.07) is 7.30. The van der Waals surface area contributed by atoms with Gasteiger partial charge in [-0.1, -0.05) is 11.8 Å². The Kier molecular flexibility index (Phi) is 5.08. The van der Waals surface area contributed by atoms with Crippen molar-refractivity contribution in [3.63, 3.8) is 0 Å². The Balaban J connectivity index is 1.63. The van der Waals surface area contributed by atoms with Crippen molar-refractivity contribution in [1.82, 2.24) is 14.8 Å². The van der Waals surface area contributed by atoms with Gasteiger partial charge in [0.15, 0.2) is 5.16 Å². The first-order valence-electron chi connectivity index (χ1n) is 8.17. The first-order valence-corrected chi connectivity index (χ1v) is 9.05. The van der Waals surface area contributed by atoms with Gasteiger partial charge in [0.1, 0.15) is 11.6 Å². The Labute approximate surface area is 146 Å². The predicted molar refractivity (Wildman–Crippen MR) is 94.6 cm³/mol. The molecule has 1 aliphatic carbocycles. The zero-order valence-electron chi connectivity index (χ0n) is 14.2. The van der Waals surface area contributed by atoms with Gasteiger partial charge in [0.2, 0.25) is 5.91 Å². The van der Waals surface area contributed by atoms with Gasteiger partial charge in [-0.3, -0.25) is 4.79 Å². The monoisotopic (exact) mass is 346 g/mol. The zero-order valence-corrected chi connectivity index (χ0v) is 15.0. The molecule has 7 heteroatoms. The van der Waals surface area contributed by atoms with E-state index in [0.717, 1.165) is 29.0 Å². The first-order chi connectivity index (χ1) is 11.6. The fourth-order valence-corrected chi connectivity index (χ4v) is 3.38. The fraction of sp³-hybridized carbons (Fsp3) is 0.471. The molecule has 0 unspecified atom stereocenters. The quantitative estimate of drug-likeness (QED) is 0.779. The van der Waals surface area contributed by atoms with Gasteiger partial charge < -0.3 is 14.6 Å². The Morgan fingerprint density at radius 2 is 2.08 bits per heavy atom. The molecule has 0 aliphatic heterocycles. The van der Waals surface area contributed by atoms with E-state index in [4.69, 9.17) is 4.74 Å². The average molecular weight is 346 g/mol. The number of anilines is 1. The van der Waals surface area contributed by atoms with Crippen molar-refractivity contribution in [3.05, 3.63) is 30.1 Å². The van der Waals surface area contributed by atoms with Crippen molar-refractivity contribution in [3.8, 4) is 5.75 Å². The third kappa shape index (κ3) is 3.72. The van der Waals surface area contributed by atoms with Crippen molar-refractivity contribution in [2.45, 2.75) is 49.6 Å². The van der Waals surface area contributed by atoms with Crippen molar-refractivity contribution in [2.75, 3.05) is 12.4 Å². The number of thioether (sulfide) groups is 1. The maximum absolute atomic E-state index is 12.4. The van der Waals surface area contributed by atoms with E-state index >= 15 is 0 Å². The van der Waals surface area contributed by atoms with Crippen molar-refractivity contribution in [1.29, 1.82) is 0 Å². The molecule has 1 heterocycles. The molecule has 0 bridgehead atoms. The van der Waals surface area contributed by atoms with Crippen LogP contribution in [0.4, 0.5) is 5.69 Å². The van der Waals surface area contributed by atoms with Crippen LogP contribution in [0.1, 0.15) is 38.4 Å². The van der Waals surface area contributed by atoms with Gasteiger partial charge in [0, 0.05) is 18.2 Å². The van der Waals surface area contributed by atoms with Gasteiger partial charge in [0.25, 0.3) is 0 Å². The summed E-state index contributed by atoms with van der Waals surface area (Å²) in [6.07, 6.45) is 2.38. The zero-order chi connectivity index (χ0) is 17.1. The number of methoxy groups -OCH3 is 1. The predicted octanol–water partition coefficient (Wildman–Crippen LogP) is 3.30. The van der Waals surface area contributed by atoms with Crippen molar-refractivity contribution >= 4 is 23.4 Å².